The second kappa shape index (κ2) is 7.32. The topological polar surface area (TPSA) is 96.9 Å². The van der Waals surface area contributed by atoms with E-state index in [2.05, 4.69) is 10.5 Å². The summed E-state index contributed by atoms with van der Waals surface area (Å²) in [5.74, 6) is -1.16. The summed E-state index contributed by atoms with van der Waals surface area (Å²) in [6, 6.07) is 3.28. The summed E-state index contributed by atoms with van der Waals surface area (Å²) in [7, 11) is 1.34. The summed E-state index contributed by atoms with van der Waals surface area (Å²) in [4.78, 5) is 12.0. The highest BCUT2D eigenvalue weighted by Crippen LogP contribution is 2.17. The maximum absolute atomic E-state index is 13.5. The van der Waals surface area contributed by atoms with Crippen molar-refractivity contribution >= 4 is 11.7 Å². The van der Waals surface area contributed by atoms with Crippen LogP contribution in [0.4, 0.5) is 4.39 Å². The number of methoxy groups -OCH3 is 1. The number of nitrogens with zero attached hydrogens (tertiary/aromatic N) is 1. The van der Waals surface area contributed by atoms with Gasteiger partial charge in [0.2, 0.25) is 0 Å². The average Bonchev–Trinajstić information content (AvgIpc) is 2.45. The Morgan fingerprint density at radius 1 is 1.60 bits per heavy atom. The predicted molar refractivity (Wildman–Crippen MR) is 72.5 cm³/mol. The molecule has 0 aliphatic heterocycles. The molecule has 7 heteroatoms. The Morgan fingerprint density at radius 2 is 2.30 bits per heavy atom. The number of nitrogens with two attached hydrogens (primary N) is 1. The highest BCUT2D eigenvalue weighted by molar-refractivity contribution is 5.98. The minimum atomic E-state index is -0.629. The molecule has 6 nitrogen and oxygen atoms in total. The quantitative estimate of drug-likeness (QED) is 0.319. The molecule has 1 aromatic rings. The Hall–Kier alpha value is -2.31. The maximum Gasteiger partial charge on any atom is 0.251 e. The van der Waals surface area contributed by atoms with Crippen molar-refractivity contribution < 1.29 is 19.1 Å². The van der Waals surface area contributed by atoms with E-state index in [1.54, 1.807) is 0 Å². The fourth-order valence-corrected chi connectivity index (χ4v) is 1.70. The Bertz CT molecular complexity index is 506. The van der Waals surface area contributed by atoms with Gasteiger partial charge in [0, 0.05) is 5.56 Å². The number of hydrogen-bond donors (Lipinski definition) is 3. The lowest BCUT2D eigenvalue weighted by atomic mass is 10.1. The van der Waals surface area contributed by atoms with E-state index in [9.17, 15) is 9.18 Å². The van der Waals surface area contributed by atoms with Crippen molar-refractivity contribution in [2.24, 2.45) is 10.9 Å². The lowest BCUT2D eigenvalue weighted by Crippen LogP contribution is -2.44. The van der Waals surface area contributed by atoms with Crippen LogP contribution in [0.5, 0.6) is 5.75 Å². The Labute approximate surface area is 116 Å². The van der Waals surface area contributed by atoms with Crippen LogP contribution in [0.15, 0.2) is 23.4 Å². The summed E-state index contributed by atoms with van der Waals surface area (Å²) in [5.41, 5.74) is 5.63. The fraction of sp³-hybridized carbons (Fsp3) is 0.385. The third-order valence-corrected chi connectivity index (χ3v) is 2.77. The first-order valence-corrected chi connectivity index (χ1v) is 6.15. The van der Waals surface area contributed by atoms with Crippen molar-refractivity contribution in [3.8, 4) is 5.75 Å². The number of amidine groups is 1. The van der Waals surface area contributed by atoms with Crippen LogP contribution in [0.25, 0.3) is 0 Å². The minimum absolute atomic E-state index is 0.0584. The molecule has 0 radical (unpaired) electrons. The van der Waals surface area contributed by atoms with Gasteiger partial charge in [0.1, 0.15) is 0 Å². The number of rotatable bonds is 6. The monoisotopic (exact) mass is 283 g/mol. The van der Waals surface area contributed by atoms with Crippen molar-refractivity contribution in [3.63, 3.8) is 0 Å². The second-order valence-corrected chi connectivity index (χ2v) is 4.19. The lowest BCUT2D eigenvalue weighted by Gasteiger charge is -2.16. The van der Waals surface area contributed by atoms with Crippen molar-refractivity contribution in [1.29, 1.82) is 0 Å². The highest BCUT2D eigenvalue weighted by Gasteiger charge is 2.18. The molecule has 1 rings (SSSR count). The van der Waals surface area contributed by atoms with Gasteiger partial charge in [-0.25, -0.2) is 4.39 Å². The van der Waals surface area contributed by atoms with Gasteiger partial charge in [-0.3, -0.25) is 4.79 Å². The molecule has 1 unspecified atom stereocenters. The fourth-order valence-electron chi connectivity index (χ4n) is 1.70. The predicted octanol–water partition coefficient (Wildman–Crippen LogP) is 1.48. The molecule has 1 atom stereocenters. The number of benzene rings is 1. The largest absolute Gasteiger partial charge is 0.494 e. The first-order chi connectivity index (χ1) is 9.53. The first-order valence-electron chi connectivity index (χ1n) is 6.15. The van der Waals surface area contributed by atoms with Crippen LogP contribution >= 0.6 is 0 Å². The molecular formula is C13H18FN3O3. The van der Waals surface area contributed by atoms with Crippen LogP contribution < -0.4 is 15.8 Å². The van der Waals surface area contributed by atoms with Gasteiger partial charge in [-0.05, 0) is 24.6 Å². The van der Waals surface area contributed by atoms with Gasteiger partial charge < -0.3 is 21.0 Å². The van der Waals surface area contributed by atoms with E-state index in [4.69, 9.17) is 15.7 Å². The number of hydrogen-bond acceptors (Lipinski definition) is 4. The number of nitrogens with one attached hydrogen (secondary N) is 1. The maximum atomic E-state index is 13.5. The van der Waals surface area contributed by atoms with Gasteiger partial charge in [0.05, 0.1) is 13.2 Å². The van der Waals surface area contributed by atoms with Crippen molar-refractivity contribution in [1.82, 2.24) is 5.32 Å². The number of ether oxygens (including phenoxy) is 1. The Kier molecular flexibility index (Phi) is 5.76. The van der Waals surface area contributed by atoms with Crippen molar-refractivity contribution in [2.45, 2.75) is 25.8 Å². The summed E-state index contributed by atoms with van der Waals surface area (Å²) in [6.07, 6.45) is 1.25. The molecular weight excluding hydrogens is 265 g/mol. The normalized spacial score (nSPS) is 12.8. The van der Waals surface area contributed by atoms with E-state index in [1.807, 2.05) is 6.92 Å². The molecule has 0 aromatic heterocycles. The molecule has 0 aliphatic rings. The van der Waals surface area contributed by atoms with E-state index < -0.39 is 17.8 Å². The molecule has 0 fully saturated rings. The summed E-state index contributed by atoms with van der Waals surface area (Å²) in [6.45, 7) is 1.90. The number of carbonyl (C=O) groups excluding carboxylic acids is 1. The van der Waals surface area contributed by atoms with Gasteiger partial charge in [-0.1, -0.05) is 18.5 Å². The summed E-state index contributed by atoms with van der Waals surface area (Å²) in [5, 5.41) is 14.1. The number of halogens is 1. The minimum Gasteiger partial charge on any atom is -0.494 e. The molecule has 20 heavy (non-hydrogen) atoms. The summed E-state index contributed by atoms with van der Waals surface area (Å²) < 4.78 is 18.3. The standard InChI is InChI=1S/C13H18FN3O3/c1-3-4-10(12(15)17-19)16-13(18)8-5-6-11(20-2)9(14)7-8/h5-7,10,19H,3-4H2,1-2H3,(H2,15,17)(H,16,18). The van der Waals surface area contributed by atoms with E-state index in [-0.39, 0.29) is 17.1 Å². The van der Waals surface area contributed by atoms with Crippen LogP contribution in [0.2, 0.25) is 0 Å². The average molecular weight is 283 g/mol. The SMILES string of the molecule is CCCC(NC(=O)c1ccc(OC)c(F)c1)C(N)=NO. The number of carbonyl (C=O) groups is 1. The zero-order valence-corrected chi connectivity index (χ0v) is 11.4. The molecule has 1 amide bonds. The van der Waals surface area contributed by atoms with Gasteiger partial charge in [0.25, 0.3) is 5.91 Å². The van der Waals surface area contributed by atoms with Crippen LogP contribution in [0.1, 0.15) is 30.1 Å². The van der Waals surface area contributed by atoms with E-state index in [0.29, 0.717) is 6.42 Å². The molecule has 0 saturated carbocycles. The zero-order chi connectivity index (χ0) is 15.1. The van der Waals surface area contributed by atoms with Crippen LogP contribution in [0, 0.1) is 5.82 Å². The van der Waals surface area contributed by atoms with E-state index in [0.717, 1.165) is 12.5 Å². The molecule has 1 aromatic carbocycles. The zero-order valence-electron chi connectivity index (χ0n) is 11.4. The number of amides is 1. The third kappa shape index (κ3) is 3.84. The molecule has 0 aliphatic carbocycles. The smallest absolute Gasteiger partial charge is 0.251 e. The molecule has 0 bridgehead atoms. The Morgan fingerprint density at radius 3 is 2.80 bits per heavy atom. The highest BCUT2D eigenvalue weighted by atomic mass is 19.1. The Balaban J connectivity index is 2.86. The molecule has 0 spiro atoms. The molecule has 0 saturated heterocycles. The second-order valence-electron chi connectivity index (χ2n) is 4.19. The number of oxime groups is 1. The van der Waals surface area contributed by atoms with Crippen molar-refractivity contribution in [2.75, 3.05) is 7.11 Å². The summed E-state index contributed by atoms with van der Waals surface area (Å²) >= 11 is 0. The van der Waals surface area contributed by atoms with Crippen molar-refractivity contribution in [3.05, 3.63) is 29.6 Å². The van der Waals surface area contributed by atoms with Gasteiger partial charge in [-0.15, -0.1) is 0 Å². The van der Waals surface area contributed by atoms with Crippen LogP contribution in [-0.4, -0.2) is 30.1 Å². The van der Waals surface area contributed by atoms with Crippen LogP contribution in [-0.2, 0) is 0 Å². The first kappa shape index (κ1) is 15.7. The lowest BCUT2D eigenvalue weighted by molar-refractivity contribution is 0.0944. The molecule has 4 N–H and O–H groups in total. The van der Waals surface area contributed by atoms with Gasteiger partial charge in [0.15, 0.2) is 17.4 Å². The molecule has 110 valence electrons. The van der Waals surface area contributed by atoms with E-state index >= 15 is 0 Å². The third-order valence-electron chi connectivity index (χ3n) is 2.77. The van der Waals surface area contributed by atoms with Gasteiger partial charge in [-0.2, -0.15) is 0 Å². The van der Waals surface area contributed by atoms with Crippen LogP contribution in [0.3, 0.4) is 0 Å². The van der Waals surface area contributed by atoms with Gasteiger partial charge >= 0.3 is 0 Å². The van der Waals surface area contributed by atoms with E-state index in [1.165, 1.54) is 19.2 Å². The molecule has 0 heterocycles.